The van der Waals surface area contributed by atoms with Gasteiger partial charge in [0.1, 0.15) is 0 Å². The highest BCUT2D eigenvalue weighted by Gasteiger charge is 2.39. The molecule has 11 aromatic carbocycles. The van der Waals surface area contributed by atoms with Crippen LogP contribution in [0, 0.1) is 11.3 Å². The number of nitriles is 1. The van der Waals surface area contributed by atoms with E-state index in [2.05, 4.69) is 10.6 Å². The number of aromatic nitrogens is 8. The maximum atomic E-state index is 15.3. The average molecular weight is 1180 g/mol. The van der Waals surface area contributed by atoms with E-state index in [1.165, 1.54) is 6.07 Å². The average Bonchev–Trinajstić information content (AvgIpc) is 1.57. The maximum absolute atomic E-state index is 15.3. The highest BCUT2D eigenvalue weighted by atomic mass is 19.4. The topological polar surface area (TPSA) is 111 Å². The van der Waals surface area contributed by atoms with E-state index in [0.29, 0.717) is 85.7 Å². The molecule has 0 aliphatic carbocycles. The molecule has 0 amide bonds. The quantitative estimate of drug-likeness (QED) is 0.125. The molecule has 0 bridgehead atoms. The fraction of sp³-hybridized carbons (Fsp3) is 0.0267. The van der Waals surface area contributed by atoms with E-state index in [-0.39, 0.29) is 11.6 Å². The van der Waals surface area contributed by atoms with E-state index in [4.69, 9.17) is 29.9 Å². The highest BCUT2D eigenvalue weighted by Crippen LogP contribution is 2.47. The van der Waals surface area contributed by atoms with Gasteiger partial charge in [0.05, 0.1) is 56.2 Å². The molecule has 9 nitrogen and oxygen atoms in total. The number of hydrogen-bond acceptors (Lipinski definition) is 7. The second-order valence-corrected chi connectivity index (χ2v) is 21.6. The molecule has 4 heterocycles. The lowest BCUT2D eigenvalue weighted by atomic mass is 9.92. The fourth-order valence-corrected chi connectivity index (χ4v) is 12.0. The first-order chi connectivity index (χ1) is 43.8. The zero-order chi connectivity index (χ0) is 61.3. The summed E-state index contributed by atoms with van der Waals surface area (Å²) in [5.41, 5.74) is 6.38. The Hall–Kier alpha value is -11.9. The van der Waals surface area contributed by atoms with Crippen LogP contribution in [0.15, 0.2) is 261 Å². The van der Waals surface area contributed by atoms with Crippen molar-refractivity contribution in [1.29, 1.82) is 5.26 Å². The van der Waals surface area contributed by atoms with Crippen molar-refractivity contribution in [2.45, 2.75) is 12.4 Å². The van der Waals surface area contributed by atoms with E-state index >= 15 is 13.2 Å². The minimum Gasteiger partial charge on any atom is -0.309 e. The van der Waals surface area contributed by atoms with Gasteiger partial charge in [0.15, 0.2) is 34.9 Å². The van der Waals surface area contributed by atoms with Crippen molar-refractivity contribution in [3.8, 4) is 108 Å². The molecule has 0 N–H and O–H groups in total. The maximum Gasteiger partial charge on any atom is 0.417 e. The van der Waals surface area contributed by atoms with Gasteiger partial charge in [-0.1, -0.05) is 176 Å². The molecule has 15 heteroatoms. The Bertz CT molecular complexity index is 5230. The second kappa shape index (κ2) is 21.8. The van der Waals surface area contributed by atoms with Gasteiger partial charge in [-0.05, 0) is 96.1 Å². The van der Waals surface area contributed by atoms with Crippen LogP contribution in [0.3, 0.4) is 0 Å². The molecule has 0 saturated carbocycles. The van der Waals surface area contributed by atoms with Crippen LogP contribution in [0.1, 0.15) is 16.7 Å². The van der Waals surface area contributed by atoms with Crippen molar-refractivity contribution >= 4 is 43.6 Å². The molecule has 0 radical (unpaired) electrons. The van der Waals surface area contributed by atoms with Gasteiger partial charge in [-0.3, -0.25) is 0 Å². The lowest BCUT2D eigenvalue weighted by Crippen LogP contribution is -2.12. The number of para-hydroxylation sites is 2. The first kappa shape index (κ1) is 54.7. The molecule has 430 valence electrons. The van der Waals surface area contributed by atoms with Gasteiger partial charge >= 0.3 is 12.4 Å². The Morgan fingerprint density at radius 3 is 1.11 bits per heavy atom. The number of rotatable bonds is 10. The van der Waals surface area contributed by atoms with Gasteiger partial charge in [0.2, 0.25) is 0 Å². The Balaban J connectivity index is 0.965. The highest BCUT2D eigenvalue weighted by molar-refractivity contribution is 6.13. The lowest BCUT2D eigenvalue weighted by Gasteiger charge is -2.21. The zero-order valence-electron chi connectivity index (χ0n) is 47.1. The van der Waals surface area contributed by atoms with Crippen molar-refractivity contribution in [3.63, 3.8) is 0 Å². The third-order valence-corrected chi connectivity index (χ3v) is 16.1. The molecule has 15 aromatic rings. The number of hydrogen-bond donors (Lipinski definition) is 0. The van der Waals surface area contributed by atoms with Crippen LogP contribution in [-0.4, -0.2) is 39.0 Å². The molecule has 15 rings (SSSR count). The largest absolute Gasteiger partial charge is 0.417 e. The lowest BCUT2D eigenvalue weighted by molar-refractivity contribution is -0.142. The SMILES string of the molecule is N#Cc1ccc(-n2c3ccccc3c3cc(-c4nc(-c5ccccc5)nc(-c5ccccc5)n4)ccc32)c(-c2ccc(-c3ccc(C(F)(F)F)cc3C(F)(F)F)cc2-n2c3ccccc3c3cc(-c4nc(-c5ccccc5)nc(-c5ccccc5)n4)ccc32)c1. The Morgan fingerprint density at radius 1 is 0.289 bits per heavy atom. The first-order valence-electron chi connectivity index (χ1n) is 28.6. The summed E-state index contributed by atoms with van der Waals surface area (Å²) < 4.78 is 92.6. The minimum absolute atomic E-state index is 0.00373. The summed E-state index contributed by atoms with van der Waals surface area (Å²) >= 11 is 0. The minimum atomic E-state index is -5.18. The molecule has 0 aliphatic rings. The van der Waals surface area contributed by atoms with Crippen molar-refractivity contribution < 1.29 is 26.3 Å². The number of alkyl halides is 6. The summed E-state index contributed by atoms with van der Waals surface area (Å²) in [7, 11) is 0. The normalized spacial score (nSPS) is 11.9. The second-order valence-electron chi connectivity index (χ2n) is 21.6. The Labute approximate surface area is 509 Å². The van der Waals surface area contributed by atoms with Crippen LogP contribution >= 0.6 is 0 Å². The number of benzene rings is 11. The molecule has 0 spiro atoms. The molecule has 0 fully saturated rings. The smallest absolute Gasteiger partial charge is 0.309 e. The van der Waals surface area contributed by atoms with E-state index < -0.39 is 29.0 Å². The number of fused-ring (bicyclic) bond motifs is 6. The summed E-state index contributed by atoms with van der Waals surface area (Å²) in [4.78, 5) is 29.9. The van der Waals surface area contributed by atoms with Gasteiger partial charge in [0.25, 0.3) is 0 Å². The predicted octanol–water partition coefficient (Wildman–Crippen LogP) is 19.5. The summed E-state index contributed by atoms with van der Waals surface area (Å²) in [6.07, 6.45) is -10.2. The molecule has 90 heavy (non-hydrogen) atoms. The monoisotopic (exact) mass is 1180 g/mol. The van der Waals surface area contributed by atoms with Crippen molar-refractivity contribution in [2.24, 2.45) is 0 Å². The predicted molar refractivity (Wildman–Crippen MR) is 340 cm³/mol. The van der Waals surface area contributed by atoms with Gasteiger partial charge in [-0.15, -0.1) is 0 Å². The molecule has 0 saturated heterocycles. The van der Waals surface area contributed by atoms with Crippen molar-refractivity contribution in [3.05, 3.63) is 278 Å². The molecular formula is C75H43F6N9. The van der Waals surface area contributed by atoms with Gasteiger partial charge in [-0.25, -0.2) is 29.9 Å². The molecule has 0 unspecified atom stereocenters. The van der Waals surface area contributed by atoms with E-state index in [9.17, 15) is 18.4 Å². The van der Waals surface area contributed by atoms with E-state index in [0.717, 1.165) is 66.5 Å². The van der Waals surface area contributed by atoms with Crippen LogP contribution in [0.5, 0.6) is 0 Å². The van der Waals surface area contributed by atoms with Crippen LogP contribution in [0.2, 0.25) is 0 Å². The van der Waals surface area contributed by atoms with Crippen molar-refractivity contribution in [2.75, 3.05) is 0 Å². The van der Waals surface area contributed by atoms with E-state index in [1.807, 2.05) is 217 Å². The first-order valence-corrected chi connectivity index (χ1v) is 28.6. The Kier molecular flexibility index (Phi) is 13.3. The van der Waals surface area contributed by atoms with Gasteiger partial charge in [0, 0.05) is 66.1 Å². The number of halogens is 6. The summed E-state index contributed by atoms with van der Waals surface area (Å²) in [5, 5.41) is 14.0. The third kappa shape index (κ3) is 9.82. The number of nitrogens with zero attached hydrogens (tertiary/aromatic N) is 9. The van der Waals surface area contributed by atoms with Gasteiger partial charge in [-0.2, -0.15) is 31.6 Å². The van der Waals surface area contributed by atoms with Crippen LogP contribution in [-0.2, 0) is 12.4 Å². The third-order valence-electron chi connectivity index (χ3n) is 16.1. The summed E-state index contributed by atoms with van der Waals surface area (Å²) in [6, 6.07) is 80.0. The van der Waals surface area contributed by atoms with Crippen LogP contribution in [0.25, 0.3) is 146 Å². The molecular weight excluding hydrogens is 1140 g/mol. The van der Waals surface area contributed by atoms with Crippen LogP contribution < -0.4 is 0 Å². The zero-order valence-corrected chi connectivity index (χ0v) is 47.1. The molecule has 0 aliphatic heterocycles. The Morgan fingerprint density at radius 2 is 0.678 bits per heavy atom. The summed E-state index contributed by atoms with van der Waals surface area (Å²) in [5.74, 6) is 2.76. The summed E-state index contributed by atoms with van der Waals surface area (Å²) in [6.45, 7) is 0. The standard InChI is InChI=1S/C75H43F6N9/c76-74(77,78)53-33-35-54(61(43-53)75(79,80)81)50-30-34-57(67(42-50)90-63-28-16-14-26-56(63)60-41-52(32-38-66(60)90)73-87-70(48-21-9-3-10-22-48)84-71(88-73)49-23-11-4-12-24-49)58-39-45(44-82)29-36-64(58)89-62-27-15-13-25-55(62)59-40-51(31-37-65(59)89)72-85-68(46-17-5-1-6-18-46)83-69(86-72)47-19-7-2-8-20-47/h1-43H. The fourth-order valence-electron chi connectivity index (χ4n) is 12.0. The van der Waals surface area contributed by atoms with Crippen molar-refractivity contribution in [1.82, 2.24) is 39.0 Å². The molecule has 4 aromatic heterocycles. The van der Waals surface area contributed by atoms with Crippen LogP contribution in [0.4, 0.5) is 26.3 Å². The van der Waals surface area contributed by atoms with E-state index in [1.54, 1.807) is 24.3 Å². The van der Waals surface area contributed by atoms with Gasteiger partial charge < -0.3 is 9.13 Å². The molecule has 0 atom stereocenters.